The van der Waals surface area contributed by atoms with Crippen LogP contribution in [0, 0.1) is 0 Å². The van der Waals surface area contributed by atoms with Crippen LogP contribution in [0.1, 0.15) is 17.6 Å². The number of hydrogen-bond donors (Lipinski definition) is 2. The summed E-state index contributed by atoms with van der Waals surface area (Å²) in [5, 5.41) is 16.7. The molecule has 0 amide bonds. The Bertz CT molecular complexity index is 746. The maximum atomic E-state index is 10.5. The molecule has 0 aliphatic rings. The van der Waals surface area contributed by atoms with E-state index in [-0.39, 0.29) is 0 Å². The van der Waals surface area contributed by atoms with Crippen molar-refractivity contribution >= 4 is 22.3 Å². The number of aliphatic hydroxyl groups is 1. The minimum absolute atomic E-state index is 0.466. The van der Waals surface area contributed by atoms with E-state index in [4.69, 9.17) is 9.15 Å². The van der Waals surface area contributed by atoms with Gasteiger partial charge in [-0.3, -0.25) is 0 Å². The molecule has 0 aliphatic carbocycles. The van der Waals surface area contributed by atoms with Gasteiger partial charge in [0.05, 0.1) is 13.7 Å². The van der Waals surface area contributed by atoms with Gasteiger partial charge in [0, 0.05) is 16.8 Å². The van der Waals surface area contributed by atoms with Crippen LogP contribution in [0.2, 0.25) is 0 Å². The maximum absolute atomic E-state index is 10.5. The normalized spacial score (nSPS) is 14.1. The Kier molecular flexibility index (Phi) is 4.20. The van der Waals surface area contributed by atoms with Crippen molar-refractivity contribution in [1.82, 2.24) is 5.32 Å². The molecular formula is C17H19NO3S. The molecule has 1 atom stereocenters. The van der Waals surface area contributed by atoms with E-state index < -0.39 is 5.60 Å². The van der Waals surface area contributed by atoms with E-state index >= 15 is 0 Å². The molecule has 116 valence electrons. The van der Waals surface area contributed by atoms with Crippen LogP contribution in [-0.2, 0) is 12.1 Å². The zero-order valence-electron chi connectivity index (χ0n) is 12.6. The first-order valence-electron chi connectivity index (χ1n) is 7.12. The molecule has 22 heavy (non-hydrogen) atoms. The zero-order valence-corrected chi connectivity index (χ0v) is 13.4. The maximum Gasteiger partial charge on any atom is 0.134 e. The first kappa shape index (κ1) is 15.1. The van der Waals surface area contributed by atoms with Gasteiger partial charge in [-0.2, -0.15) is 0 Å². The molecule has 0 bridgehead atoms. The van der Waals surface area contributed by atoms with Crippen molar-refractivity contribution < 1.29 is 14.3 Å². The fraction of sp³-hybridized carbons (Fsp3) is 0.294. The second kappa shape index (κ2) is 6.12. The standard InChI is InChI=1S/C17H19NO3S/c1-17(19,16-4-3-7-22-16)11-18-10-14-9-12-8-13(20-2)5-6-15(12)21-14/h3-9,18-19H,10-11H2,1-2H3. The Morgan fingerprint density at radius 1 is 1.32 bits per heavy atom. The van der Waals surface area contributed by atoms with Crippen molar-refractivity contribution in [2.75, 3.05) is 13.7 Å². The van der Waals surface area contributed by atoms with E-state index in [1.807, 2.05) is 48.7 Å². The summed E-state index contributed by atoms with van der Waals surface area (Å²) in [7, 11) is 1.65. The summed E-state index contributed by atoms with van der Waals surface area (Å²) in [6.45, 7) is 2.85. The van der Waals surface area contributed by atoms with E-state index in [1.54, 1.807) is 18.4 Å². The highest BCUT2D eigenvalue weighted by Gasteiger charge is 2.23. The van der Waals surface area contributed by atoms with Gasteiger partial charge in [-0.05, 0) is 42.6 Å². The third-order valence-corrected chi connectivity index (χ3v) is 4.72. The van der Waals surface area contributed by atoms with Crippen LogP contribution in [0.25, 0.3) is 11.0 Å². The molecule has 3 aromatic rings. The van der Waals surface area contributed by atoms with Gasteiger partial charge in [0.1, 0.15) is 22.7 Å². The molecule has 2 N–H and O–H groups in total. The first-order chi connectivity index (χ1) is 10.6. The van der Waals surface area contributed by atoms with Crippen molar-refractivity contribution in [2.24, 2.45) is 0 Å². The Labute approximate surface area is 133 Å². The number of ether oxygens (including phenoxy) is 1. The third kappa shape index (κ3) is 3.16. The quantitative estimate of drug-likeness (QED) is 0.730. The Morgan fingerprint density at radius 3 is 2.91 bits per heavy atom. The number of methoxy groups -OCH3 is 1. The molecule has 2 heterocycles. The summed E-state index contributed by atoms with van der Waals surface area (Å²) in [5.41, 5.74) is -0.0359. The first-order valence-corrected chi connectivity index (χ1v) is 8.00. The fourth-order valence-corrected chi connectivity index (χ4v) is 3.18. The number of thiophene rings is 1. The summed E-state index contributed by atoms with van der Waals surface area (Å²) in [5.74, 6) is 1.65. The molecule has 0 spiro atoms. The van der Waals surface area contributed by atoms with Gasteiger partial charge in [-0.1, -0.05) is 6.07 Å². The molecule has 0 saturated heterocycles. The lowest BCUT2D eigenvalue weighted by molar-refractivity contribution is 0.0600. The molecule has 0 radical (unpaired) electrons. The highest BCUT2D eigenvalue weighted by Crippen LogP contribution is 2.26. The van der Waals surface area contributed by atoms with Crippen LogP contribution in [0.15, 0.2) is 46.2 Å². The molecule has 0 fully saturated rings. The molecule has 0 saturated carbocycles. The van der Waals surface area contributed by atoms with Crippen LogP contribution in [0.3, 0.4) is 0 Å². The average molecular weight is 317 g/mol. The van der Waals surface area contributed by atoms with Crippen LogP contribution >= 0.6 is 11.3 Å². The SMILES string of the molecule is COc1ccc2oc(CNCC(C)(O)c3cccs3)cc2c1. The highest BCUT2D eigenvalue weighted by atomic mass is 32.1. The lowest BCUT2D eigenvalue weighted by atomic mass is 10.1. The van der Waals surface area contributed by atoms with Crippen molar-refractivity contribution in [1.29, 1.82) is 0 Å². The van der Waals surface area contributed by atoms with Crippen LogP contribution < -0.4 is 10.1 Å². The van der Waals surface area contributed by atoms with Gasteiger partial charge in [0.25, 0.3) is 0 Å². The summed E-state index contributed by atoms with van der Waals surface area (Å²) < 4.78 is 11.0. The topological polar surface area (TPSA) is 54.6 Å². The van der Waals surface area contributed by atoms with Gasteiger partial charge < -0.3 is 19.6 Å². The second-order valence-corrected chi connectivity index (χ2v) is 6.42. The van der Waals surface area contributed by atoms with Crippen molar-refractivity contribution in [2.45, 2.75) is 19.1 Å². The van der Waals surface area contributed by atoms with Crippen molar-refractivity contribution in [3.63, 3.8) is 0 Å². The van der Waals surface area contributed by atoms with E-state index in [0.29, 0.717) is 13.1 Å². The molecule has 2 aromatic heterocycles. The van der Waals surface area contributed by atoms with Crippen molar-refractivity contribution in [3.8, 4) is 5.75 Å². The van der Waals surface area contributed by atoms with Gasteiger partial charge in [0.15, 0.2) is 0 Å². The number of benzene rings is 1. The lowest BCUT2D eigenvalue weighted by Crippen LogP contribution is -2.34. The van der Waals surface area contributed by atoms with Gasteiger partial charge in [0.2, 0.25) is 0 Å². The lowest BCUT2D eigenvalue weighted by Gasteiger charge is -2.22. The van der Waals surface area contributed by atoms with Gasteiger partial charge in [-0.15, -0.1) is 11.3 Å². The fourth-order valence-electron chi connectivity index (χ4n) is 2.39. The minimum Gasteiger partial charge on any atom is -0.497 e. The van der Waals surface area contributed by atoms with Crippen molar-refractivity contribution in [3.05, 3.63) is 52.4 Å². The third-order valence-electron chi connectivity index (χ3n) is 3.59. The molecule has 0 aliphatic heterocycles. The largest absolute Gasteiger partial charge is 0.497 e. The number of nitrogens with one attached hydrogen (secondary N) is 1. The number of fused-ring (bicyclic) bond motifs is 1. The predicted octanol–water partition coefficient (Wildman–Crippen LogP) is 3.50. The van der Waals surface area contributed by atoms with E-state index in [1.165, 1.54) is 0 Å². The Hall–Kier alpha value is -1.82. The summed E-state index contributed by atoms with van der Waals surface area (Å²) >= 11 is 1.56. The molecule has 1 aromatic carbocycles. The zero-order chi connectivity index (χ0) is 15.6. The summed E-state index contributed by atoms with van der Waals surface area (Å²) in [6, 6.07) is 11.6. The van der Waals surface area contributed by atoms with E-state index in [2.05, 4.69) is 5.32 Å². The van der Waals surface area contributed by atoms with Crippen LogP contribution in [-0.4, -0.2) is 18.8 Å². The molecule has 4 nitrogen and oxygen atoms in total. The average Bonchev–Trinajstić information content (AvgIpc) is 3.15. The Morgan fingerprint density at radius 2 is 2.18 bits per heavy atom. The number of hydrogen-bond acceptors (Lipinski definition) is 5. The van der Waals surface area contributed by atoms with E-state index in [9.17, 15) is 5.11 Å². The molecule has 1 unspecified atom stereocenters. The summed E-state index contributed by atoms with van der Waals surface area (Å²) in [4.78, 5) is 0.953. The predicted molar refractivity (Wildman–Crippen MR) is 88.4 cm³/mol. The minimum atomic E-state index is -0.872. The molecule has 3 rings (SSSR count). The van der Waals surface area contributed by atoms with E-state index in [0.717, 1.165) is 27.4 Å². The monoisotopic (exact) mass is 317 g/mol. The Balaban J connectivity index is 1.64. The second-order valence-electron chi connectivity index (χ2n) is 5.47. The number of rotatable bonds is 6. The smallest absolute Gasteiger partial charge is 0.134 e. The molecular weight excluding hydrogens is 298 g/mol. The highest BCUT2D eigenvalue weighted by molar-refractivity contribution is 7.10. The van der Waals surface area contributed by atoms with Crippen LogP contribution in [0.4, 0.5) is 0 Å². The molecule has 5 heteroatoms. The van der Waals surface area contributed by atoms with Gasteiger partial charge >= 0.3 is 0 Å². The van der Waals surface area contributed by atoms with Crippen LogP contribution in [0.5, 0.6) is 5.75 Å². The summed E-state index contributed by atoms with van der Waals surface area (Å²) in [6.07, 6.45) is 0. The van der Waals surface area contributed by atoms with Gasteiger partial charge in [-0.25, -0.2) is 0 Å². The number of furan rings is 1.